The van der Waals surface area contributed by atoms with Crippen LogP contribution in [0, 0.1) is 6.92 Å². The first-order chi connectivity index (χ1) is 8.69. The van der Waals surface area contributed by atoms with Crippen LogP contribution in [0.25, 0.3) is 0 Å². The lowest BCUT2D eigenvalue weighted by Crippen LogP contribution is -2.04. The lowest BCUT2D eigenvalue weighted by molar-refractivity contribution is 0.479. The predicted octanol–water partition coefficient (Wildman–Crippen LogP) is 4.27. The molecule has 2 nitrogen and oxygen atoms in total. The van der Waals surface area contributed by atoms with Crippen LogP contribution in [0.15, 0.2) is 46.9 Å². The first-order valence-electron chi connectivity index (χ1n) is 5.86. The second-order valence-electron chi connectivity index (χ2n) is 4.21. The van der Waals surface area contributed by atoms with Gasteiger partial charge in [0.1, 0.15) is 11.5 Å². The van der Waals surface area contributed by atoms with Crippen molar-refractivity contribution in [3.05, 3.63) is 58.1 Å². The van der Waals surface area contributed by atoms with Crippen LogP contribution in [0.3, 0.4) is 0 Å². The Labute approximate surface area is 116 Å². The minimum absolute atomic E-state index is 0.834. The van der Waals surface area contributed by atoms with Crippen molar-refractivity contribution >= 4 is 15.9 Å². The Morgan fingerprint density at radius 1 is 1.17 bits per heavy atom. The van der Waals surface area contributed by atoms with Gasteiger partial charge in [-0.15, -0.1) is 0 Å². The molecule has 0 unspecified atom stereocenters. The maximum absolute atomic E-state index is 5.86. The average molecular weight is 306 g/mol. The molecule has 2 aromatic rings. The number of halogens is 1. The van der Waals surface area contributed by atoms with Gasteiger partial charge in [0, 0.05) is 6.54 Å². The van der Waals surface area contributed by atoms with Crippen molar-refractivity contribution in [1.29, 1.82) is 0 Å². The molecule has 0 spiro atoms. The predicted molar refractivity (Wildman–Crippen MR) is 78.2 cm³/mol. The van der Waals surface area contributed by atoms with Crippen LogP contribution >= 0.6 is 15.9 Å². The van der Waals surface area contributed by atoms with Crippen LogP contribution in [0.1, 0.15) is 11.1 Å². The van der Waals surface area contributed by atoms with Crippen LogP contribution in [0.2, 0.25) is 0 Å². The second-order valence-corrected chi connectivity index (χ2v) is 5.07. The molecule has 0 atom stereocenters. The van der Waals surface area contributed by atoms with Crippen molar-refractivity contribution in [3.8, 4) is 11.5 Å². The summed E-state index contributed by atoms with van der Waals surface area (Å²) >= 11 is 3.54. The molecule has 0 saturated heterocycles. The minimum Gasteiger partial charge on any atom is -0.456 e. The van der Waals surface area contributed by atoms with Crippen molar-refractivity contribution in [3.63, 3.8) is 0 Å². The molecule has 0 aromatic heterocycles. The zero-order valence-electron chi connectivity index (χ0n) is 10.5. The van der Waals surface area contributed by atoms with Crippen molar-refractivity contribution in [2.45, 2.75) is 13.5 Å². The number of nitrogens with one attached hydrogen (secondary N) is 1. The van der Waals surface area contributed by atoms with E-state index in [0.717, 1.165) is 22.5 Å². The smallest absolute Gasteiger partial charge is 0.141 e. The molecule has 18 heavy (non-hydrogen) atoms. The van der Waals surface area contributed by atoms with Crippen LogP contribution in [-0.2, 0) is 6.54 Å². The van der Waals surface area contributed by atoms with E-state index in [1.807, 2.05) is 31.3 Å². The van der Waals surface area contributed by atoms with E-state index in [2.05, 4.69) is 46.4 Å². The quantitative estimate of drug-likeness (QED) is 0.911. The zero-order chi connectivity index (χ0) is 13.0. The number of hydrogen-bond donors (Lipinski definition) is 1. The third kappa shape index (κ3) is 3.34. The maximum atomic E-state index is 5.86. The van der Waals surface area contributed by atoms with Crippen molar-refractivity contribution < 1.29 is 4.74 Å². The molecule has 0 aliphatic heterocycles. The molecule has 94 valence electrons. The molecule has 0 aliphatic carbocycles. The van der Waals surface area contributed by atoms with E-state index < -0.39 is 0 Å². The highest BCUT2D eigenvalue weighted by molar-refractivity contribution is 9.10. The van der Waals surface area contributed by atoms with Gasteiger partial charge in [-0.3, -0.25) is 0 Å². The molecule has 2 rings (SSSR count). The zero-order valence-corrected chi connectivity index (χ0v) is 12.1. The van der Waals surface area contributed by atoms with Crippen LogP contribution in [0.5, 0.6) is 11.5 Å². The largest absolute Gasteiger partial charge is 0.456 e. The van der Waals surface area contributed by atoms with E-state index in [0.29, 0.717) is 0 Å². The van der Waals surface area contributed by atoms with Gasteiger partial charge in [-0.25, -0.2) is 0 Å². The molecule has 2 aromatic carbocycles. The Kier molecular flexibility index (Phi) is 4.39. The normalized spacial score (nSPS) is 10.4. The van der Waals surface area contributed by atoms with Crippen molar-refractivity contribution in [2.24, 2.45) is 0 Å². The molecule has 0 bridgehead atoms. The van der Waals surface area contributed by atoms with Gasteiger partial charge in [-0.05, 0) is 65.3 Å². The summed E-state index contributed by atoms with van der Waals surface area (Å²) in [5.74, 6) is 1.69. The van der Waals surface area contributed by atoms with E-state index in [4.69, 9.17) is 4.74 Å². The van der Waals surface area contributed by atoms with E-state index in [1.54, 1.807) is 0 Å². The van der Waals surface area contributed by atoms with Gasteiger partial charge in [0.15, 0.2) is 0 Å². The maximum Gasteiger partial charge on any atom is 0.141 e. The summed E-state index contributed by atoms with van der Waals surface area (Å²) in [6.07, 6.45) is 0. The summed E-state index contributed by atoms with van der Waals surface area (Å²) in [5.41, 5.74) is 2.41. The summed E-state index contributed by atoms with van der Waals surface area (Å²) in [6.45, 7) is 2.90. The Morgan fingerprint density at radius 3 is 2.67 bits per heavy atom. The van der Waals surface area contributed by atoms with E-state index in [9.17, 15) is 0 Å². The SMILES string of the molecule is CNCc1ccc(Oc2cccc(C)c2)c(Br)c1. The Hall–Kier alpha value is -1.32. The third-order valence-corrected chi connectivity index (χ3v) is 3.21. The van der Waals surface area contributed by atoms with Crippen LogP contribution < -0.4 is 10.1 Å². The van der Waals surface area contributed by atoms with Crippen LogP contribution in [0.4, 0.5) is 0 Å². The average Bonchev–Trinajstić information content (AvgIpc) is 2.33. The van der Waals surface area contributed by atoms with Gasteiger partial charge in [-0.2, -0.15) is 0 Å². The molecular formula is C15H16BrNO. The summed E-state index contributed by atoms with van der Waals surface area (Å²) < 4.78 is 6.83. The van der Waals surface area contributed by atoms with Crippen molar-refractivity contribution in [2.75, 3.05) is 7.05 Å². The first-order valence-corrected chi connectivity index (χ1v) is 6.66. The molecule has 0 saturated carbocycles. The fourth-order valence-corrected chi connectivity index (χ4v) is 2.25. The van der Waals surface area contributed by atoms with Gasteiger partial charge >= 0.3 is 0 Å². The standard InChI is InChI=1S/C15H16BrNO/c1-11-4-3-5-13(8-11)18-15-7-6-12(10-17-2)9-14(15)16/h3-9,17H,10H2,1-2H3. The number of benzene rings is 2. The Morgan fingerprint density at radius 2 is 2.00 bits per heavy atom. The summed E-state index contributed by atoms with van der Waals surface area (Å²) in [5, 5.41) is 3.13. The van der Waals surface area contributed by atoms with Gasteiger partial charge in [0.2, 0.25) is 0 Å². The van der Waals surface area contributed by atoms with Crippen molar-refractivity contribution in [1.82, 2.24) is 5.32 Å². The molecule has 0 aliphatic rings. The van der Waals surface area contributed by atoms with Gasteiger partial charge in [-0.1, -0.05) is 18.2 Å². The monoisotopic (exact) mass is 305 g/mol. The summed E-state index contributed by atoms with van der Waals surface area (Å²) in [7, 11) is 1.94. The molecule has 0 fully saturated rings. The Bertz CT molecular complexity index is 540. The van der Waals surface area contributed by atoms with E-state index in [1.165, 1.54) is 11.1 Å². The molecular weight excluding hydrogens is 290 g/mol. The van der Waals surface area contributed by atoms with Gasteiger partial charge in [0.25, 0.3) is 0 Å². The number of aryl methyl sites for hydroxylation is 1. The van der Waals surface area contributed by atoms with E-state index in [-0.39, 0.29) is 0 Å². The second kappa shape index (κ2) is 6.03. The first kappa shape index (κ1) is 13.1. The molecule has 1 N–H and O–H groups in total. The number of rotatable bonds is 4. The molecule has 3 heteroatoms. The van der Waals surface area contributed by atoms with Gasteiger partial charge < -0.3 is 10.1 Å². The lowest BCUT2D eigenvalue weighted by Gasteiger charge is -2.10. The topological polar surface area (TPSA) is 21.3 Å². The molecule has 0 heterocycles. The van der Waals surface area contributed by atoms with E-state index >= 15 is 0 Å². The molecule has 0 amide bonds. The highest BCUT2D eigenvalue weighted by Gasteiger charge is 2.04. The Balaban J connectivity index is 2.19. The lowest BCUT2D eigenvalue weighted by atomic mass is 10.2. The summed E-state index contributed by atoms with van der Waals surface area (Å²) in [4.78, 5) is 0. The van der Waals surface area contributed by atoms with Crippen LogP contribution in [-0.4, -0.2) is 7.05 Å². The van der Waals surface area contributed by atoms with Gasteiger partial charge in [0.05, 0.1) is 4.47 Å². The fraction of sp³-hybridized carbons (Fsp3) is 0.200. The molecule has 0 radical (unpaired) electrons. The highest BCUT2D eigenvalue weighted by Crippen LogP contribution is 2.30. The number of hydrogen-bond acceptors (Lipinski definition) is 2. The fourth-order valence-electron chi connectivity index (χ4n) is 1.75. The highest BCUT2D eigenvalue weighted by atomic mass is 79.9. The summed E-state index contributed by atoms with van der Waals surface area (Å²) in [6, 6.07) is 14.1. The number of ether oxygens (including phenoxy) is 1. The minimum atomic E-state index is 0.834. The third-order valence-electron chi connectivity index (χ3n) is 2.59.